The van der Waals surface area contributed by atoms with Crippen LogP contribution in [-0.2, 0) is 28.6 Å². The largest absolute Gasteiger partial charge is 0.462 e. The van der Waals surface area contributed by atoms with Gasteiger partial charge in [-0.05, 0) is 44.9 Å². The molecule has 366 valence electrons. The Bertz CT molecular complexity index is 962. The lowest BCUT2D eigenvalue weighted by molar-refractivity contribution is -0.167. The van der Waals surface area contributed by atoms with E-state index in [4.69, 9.17) is 14.2 Å². The van der Waals surface area contributed by atoms with Gasteiger partial charge in [0.15, 0.2) is 6.10 Å². The molecule has 6 heteroatoms. The first kappa shape index (κ1) is 60.2. The molecule has 1 atom stereocenters. The van der Waals surface area contributed by atoms with E-state index in [1.54, 1.807) is 0 Å². The third-order valence-corrected chi connectivity index (χ3v) is 12.5. The first-order valence-electron chi connectivity index (χ1n) is 27.7. The van der Waals surface area contributed by atoms with E-state index in [1.807, 2.05) is 0 Å². The van der Waals surface area contributed by atoms with Gasteiger partial charge in [0.2, 0.25) is 0 Å². The first-order chi connectivity index (χ1) is 30.5. The van der Waals surface area contributed by atoms with Crippen LogP contribution in [0.1, 0.15) is 310 Å². The number of hydrogen-bond donors (Lipinski definition) is 0. The van der Waals surface area contributed by atoms with Crippen LogP contribution in [0.3, 0.4) is 0 Å². The van der Waals surface area contributed by atoms with Crippen LogP contribution in [-0.4, -0.2) is 37.2 Å². The zero-order chi connectivity index (χ0) is 45.1. The second kappa shape index (κ2) is 51.8. The predicted molar refractivity (Wildman–Crippen MR) is 266 cm³/mol. The van der Waals surface area contributed by atoms with Crippen molar-refractivity contribution >= 4 is 17.9 Å². The van der Waals surface area contributed by atoms with E-state index in [0.29, 0.717) is 19.3 Å². The summed E-state index contributed by atoms with van der Waals surface area (Å²) in [6, 6.07) is 0. The molecule has 0 spiro atoms. The average molecular weight is 875 g/mol. The molecule has 0 rings (SSSR count). The molecular weight excluding hydrogens is 769 g/mol. The van der Waals surface area contributed by atoms with Gasteiger partial charge in [0.1, 0.15) is 13.2 Å². The summed E-state index contributed by atoms with van der Waals surface area (Å²) in [5.74, 6) is -0.853. The van der Waals surface area contributed by atoms with Crippen molar-refractivity contribution in [1.29, 1.82) is 0 Å². The maximum atomic E-state index is 12.8. The van der Waals surface area contributed by atoms with Crippen LogP contribution in [0.25, 0.3) is 0 Å². The SMILES string of the molecule is CCCCCCCCCC/C=C\CCCCCCCCCCCC(=O)OCC(COC(=O)CCCCCCCCCC)OC(=O)CCCCCCCCCCCCCCCCC. The molecule has 0 heterocycles. The number of allylic oxidation sites excluding steroid dienone is 2. The Morgan fingerprint density at radius 3 is 0.806 bits per heavy atom. The number of unbranched alkanes of at least 4 members (excludes halogenated alkanes) is 38. The number of esters is 3. The molecule has 6 nitrogen and oxygen atoms in total. The van der Waals surface area contributed by atoms with Gasteiger partial charge in [-0.2, -0.15) is 0 Å². The molecule has 0 aromatic heterocycles. The summed E-state index contributed by atoms with van der Waals surface area (Å²) in [5.41, 5.74) is 0. The molecule has 0 fully saturated rings. The molecule has 0 aromatic rings. The molecule has 0 saturated heterocycles. The molecule has 0 amide bonds. The molecule has 0 aliphatic carbocycles. The van der Waals surface area contributed by atoms with Crippen molar-refractivity contribution in [2.24, 2.45) is 0 Å². The van der Waals surface area contributed by atoms with Crippen LogP contribution in [0.2, 0.25) is 0 Å². The maximum absolute atomic E-state index is 12.8. The van der Waals surface area contributed by atoms with Crippen LogP contribution >= 0.6 is 0 Å². The van der Waals surface area contributed by atoms with Crippen LogP contribution < -0.4 is 0 Å². The highest BCUT2D eigenvalue weighted by atomic mass is 16.6. The van der Waals surface area contributed by atoms with Crippen LogP contribution in [0.4, 0.5) is 0 Å². The van der Waals surface area contributed by atoms with Gasteiger partial charge in [0, 0.05) is 19.3 Å². The molecule has 62 heavy (non-hydrogen) atoms. The summed E-state index contributed by atoms with van der Waals surface area (Å²) in [4.78, 5) is 37.9. The summed E-state index contributed by atoms with van der Waals surface area (Å²) in [6.07, 6.45) is 57.8. The van der Waals surface area contributed by atoms with E-state index in [-0.39, 0.29) is 31.1 Å². The minimum Gasteiger partial charge on any atom is -0.462 e. The fourth-order valence-corrected chi connectivity index (χ4v) is 8.32. The van der Waals surface area contributed by atoms with Crippen molar-refractivity contribution in [2.45, 2.75) is 316 Å². The Kier molecular flexibility index (Phi) is 50.2. The monoisotopic (exact) mass is 875 g/mol. The van der Waals surface area contributed by atoms with Crippen molar-refractivity contribution < 1.29 is 28.6 Å². The topological polar surface area (TPSA) is 78.9 Å². The summed E-state index contributed by atoms with van der Waals surface area (Å²) in [5, 5.41) is 0. The van der Waals surface area contributed by atoms with Crippen LogP contribution in [0.15, 0.2) is 12.2 Å². The Labute approximate surface area is 386 Å². The molecular formula is C56H106O6. The second-order valence-electron chi connectivity index (χ2n) is 18.9. The second-order valence-corrected chi connectivity index (χ2v) is 18.9. The molecule has 0 saturated carbocycles. The summed E-state index contributed by atoms with van der Waals surface area (Å²) in [6.45, 7) is 6.65. The highest BCUT2D eigenvalue weighted by molar-refractivity contribution is 5.71. The van der Waals surface area contributed by atoms with Crippen molar-refractivity contribution in [1.82, 2.24) is 0 Å². The third kappa shape index (κ3) is 49.2. The lowest BCUT2D eigenvalue weighted by Gasteiger charge is -2.18. The number of carbonyl (C=O) groups is 3. The molecule has 0 aliphatic rings. The first-order valence-corrected chi connectivity index (χ1v) is 27.7. The number of ether oxygens (including phenoxy) is 3. The minimum atomic E-state index is -0.763. The van der Waals surface area contributed by atoms with Crippen molar-refractivity contribution in [3.05, 3.63) is 12.2 Å². The zero-order valence-corrected chi connectivity index (χ0v) is 41.9. The van der Waals surface area contributed by atoms with Crippen molar-refractivity contribution in [2.75, 3.05) is 13.2 Å². The average Bonchev–Trinajstić information content (AvgIpc) is 3.27. The van der Waals surface area contributed by atoms with Gasteiger partial charge < -0.3 is 14.2 Å². The molecule has 1 unspecified atom stereocenters. The van der Waals surface area contributed by atoms with Gasteiger partial charge in [0.05, 0.1) is 0 Å². The third-order valence-electron chi connectivity index (χ3n) is 12.5. The smallest absolute Gasteiger partial charge is 0.306 e. The number of rotatable bonds is 51. The van der Waals surface area contributed by atoms with E-state index >= 15 is 0 Å². The quantitative estimate of drug-likeness (QED) is 0.0262. The minimum absolute atomic E-state index is 0.0657. The van der Waals surface area contributed by atoms with E-state index in [0.717, 1.165) is 57.8 Å². The van der Waals surface area contributed by atoms with E-state index in [2.05, 4.69) is 32.9 Å². The van der Waals surface area contributed by atoms with Gasteiger partial charge in [0.25, 0.3) is 0 Å². The predicted octanol–water partition coefficient (Wildman–Crippen LogP) is 18.2. The molecule has 0 radical (unpaired) electrons. The Balaban J connectivity index is 4.18. The fraction of sp³-hybridized carbons (Fsp3) is 0.911. The lowest BCUT2D eigenvalue weighted by atomic mass is 10.0. The van der Waals surface area contributed by atoms with E-state index in [1.165, 1.54) is 212 Å². The van der Waals surface area contributed by atoms with E-state index < -0.39 is 6.10 Å². The Morgan fingerprint density at radius 1 is 0.306 bits per heavy atom. The van der Waals surface area contributed by atoms with Crippen molar-refractivity contribution in [3.8, 4) is 0 Å². The zero-order valence-electron chi connectivity index (χ0n) is 41.9. The molecule has 0 bridgehead atoms. The number of hydrogen-bond acceptors (Lipinski definition) is 6. The summed E-state index contributed by atoms with van der Waals surface area (Å²) < 4.78 is 16.8. The Morgan fingerprint density at radius 2 is 0.532 bits per heavy atom. The van der Waals surface area contributed by atoms with Gasteiger partial charge in [-0.15, -0.1) is 0 Å². The van der Waals surface area contributed by atoms with Gasteiger partial charge in [-0.1, -0.05) is 258 Å². The summed E-state index contributed by atoms with van der Waals surface area (Å²) >= 11 is 0. The molecule has 0 aromatic carbocycles. The lowest BCUT2D eigenvalue weighted by Crippen LogP contribution is -2.30. The van der Waals surface area contributed by atoms with Crippen LogP contribution in [0.5, 0.6) is 0 Å². The van der Waals surface area contributed by atoms with Crippen LogP contribution in [0, 0.1) is 0 Å². The standard InChI is InChI=1S/C56H106O6/c1-4-7-10-13-16-19-21-23-25-26-27-28-29-30-32-33-35-37-40-43-46-49-55(58)61-52-53(51-60-54(57)48-45-42-39-18-15-12-9-6-3)62-56(59)50-47-44-41-38-36-34-31-24-22-20-17-14-11-8-5-2/h26-27,53H,4-25,28-52H2,1-3H3/b27-26-. The highest BCUT2D eigenvalue weighted by Crippen LogP contribution is 2.17. The number of carbonyl (C=O) groups excluding carboxylic acids is 3. The normalized spacial score (nSPS) is 12.0. The highest BCUT2D eigenvalue weighted by Gasteiger charge is 2.19. The Hall–Kier alpha value is -1.85. The van der Waals surface area contributed by atoms with Crippen molar-refractivity contribution in [3.63, 3.8) is 0 Å². The van der Waals surface area contributed by atoms with Gasteiger partial charge >= 0.3 is 17.9 Å². The van der Waals surface area contributed by atoms with Gasteiger partial charge in [-0.3, -0.25) is 14.4 Å². The van der Waals surface area contributed by atoms with Gasteiger partial charge in [-0.25, -0.2) is 0 Å². The maximum Gasteiger partial charge on any atom is 0.306 e. The van der Waals surface area contributed by atoms with E-state index in [9.17, 15) is 14.4 Å². The fourth-order valence-electron chi connectivity index (χ4n) is 8.32. The molecule has 0 N–H and O–H groups in total. The summed E-state index contributed by atoms with van der Waals surface area (Å²) in [7, 11) is 0. The molecule has 0 aliphatic heterocycles.